The highest BCUT2D eigenvalue weighted by Crippen LogP contribution is 2.24. The summed E-state index contributed by atoms with van der Waals surface area (Å²) in [7, 11) is -3.80. The zero-order valence-corrected chi connectivity index (χ0v) is 16.1. The van der Waals surface area contributed by atoms with Crippen molar-refractivity contribution >= 4 is 15.9 Å². The van der Waals surface area contributed by atoms with Crippen molar-refractivity contribution in [2.45, 2.75) is 50.3 Å². The maximum absolute atomic E-state index is 12.4. The van der Waals surface area contributed by atoms with Gasteiger partial charge in [0.1, 0.15) is 0 Å². The van der Waals surface area contributed by atoms with Gasteiger partial charge in [0.2, 0.25) is 0 Å². The van der Waals surface area contributed by atoms with Crippen molar-refractivity contribution in [1.29, 1.82) is 0 Å². The number of sulfonamides is 1. The number of hydrogen-bond donors (Lipinski definition) is 2. The van der Waals surface area contributed by atoms with E-state index in [1.165, 1.54) is 5.56 Å². The molecule has 0 heterocycles. The standard InChI is InChI=1S/C20H24N2O3S/c1-20(2,3)17-10-7-15(8-11-17)19(23)21-22-26(24,25)18-12-9-14-5-4-6-16(14)13-18/h7-13,22H,4-6H2,1-3H3,(H,21,23). The Morgan fingerprint density at radius 3 is 2.27 bits per heavy atom. The van der Waals surface area contributed by atoms with Crippen LogP contribution in [0.3, 0.4) is 0 Å². The van der Waals surface area contributed by atoms with Crippen LogP contribution in [0.4, 0.5) is 0 Å². The van der Waals surface area contributed by atoms with Gasteiger partial charge in [-0.1, -0.05) is 39.0 Å². The van der Waals surface area contributed by atoms with Crippen LogP contribution in [-0.2, 0) is 28.3 Å². The lowest BCUT2D eigenvalue weighted by molar-refractivity contribution is 0.0945. The number of hydrogen-bond acceptors (Lipinski definition) is 3. The van der Waals surface area contributed by atoms with Crippen LogP contribution in [0.1, 0.15) is 54.2 Å². The Labute approximate surface area is 154 Å². The summed E-state index contributed by atoms with van der Waals surface area (Å²) in [4.78, 5) is 14.6. The lowest BCUT2D eigenvalue weighted by Crippen LogP contribution is -2.41. The smallest absolute Gasteiger partial charge is 0.266 e. The highest BCUT2D eigenvalue weighted by Gasteiger charge is 2.20. The number of nitrogens with one attached hydrogen (secondary N) is 2. The molecule has 0 saturated heterocycles. The third-order valence-electron chi connectivity index (χ3n) is 4.69. The van der Waals surface area contributed by atoms with Gasteiger partial charge in [0.05, 0.1) is 4.90 Å². The van der Waals surface area contributed by atoms with E-state index in [2.05, 4.69) is 31.0 Å². The van der Waals surface area contributed by atoms with Crippen molar-refractivity contribution in [1.82, 2.24) is 10.3 Å². The topological polar surface area (TPSA) is 75.3 Å². The second kappa shape index (κ2) is 6.85. The van der Waals surface area contributed by atoms with Crippen LogP contribution in [0, 0.1) is 0 Å². The molecule has 0 saturated carbocycles. The molecule has 1 amide bonds. The summed E-state index contributed by atoms with van der Waals surface area (Å²) in [5.74, 6) is -0.491. The molecule has 2 aromatic rings. The molecule has 0 atom stereocenters. The fourth-order valence-corrected chi connectivity index (χ4v) is 3.97. The molecule has 0 spiro atoms. The molecule has 1 aliphatic carbocycles. The molecular formula is C20H24N2O3S. The highest BCUT2D eigenvalue weighted by molar-refractivity contribution is 7.89. The van der Waals surface area contributed by atoms with Crippen molar-refractivity contribution in [2.24, 2.45) is 0 Å². The quantitative estimate of drug-likeness (QED) is 0.810. The average Bonchev–Trinajstić information content (AvgIpc) is 3.07. The second-order valence-electron chi connectivity index (χ2n) is 7.67. The van der Waals surface area contributed by atoms with Gasteiger partial charge in [0.25, 0.3) is 15.9 Å². The minimum absolute atomic E-state index is 0.00976. The zero-order valence-electron chi connectivity index (χ0n) is 15.3. The molecule has 1 aliphatic rings. The number of hydrazine groups is 1. The maximum atomic E-state index is 12.4. The molecule has 6 heteroatoms. The van der Waals surface area contributed by atoms with Crippen LogP contribution in [0.15, 0.2) is 47.4 Å². The number of carbonyl (C=O) groups is 1. The summed E-state index contributed by atoms with van der Waals surface area (Å²) in [6, 6.07) is 12.3. The van der Waals surface area contributed by atoms with E-state index in [9.17, 15) is 13.2 Å². The maximum Gasteiger partial charge on any atom is 0.266 e. The molecule has 0 aromatic heterocycles. The Kier molecular flexibility index (Phi) is 4.90. The molecule has 138 valence electrons. The van der Waals surface area contributed by atoms with E-state index >= 15 is 0 Å². The minimum Gasteiger partial charge on any atom is -0.273 e. The van der Waals surface area contributed by atoms with Crippen LogP contribution < -0.4 is 10.3 Å². The second-order valence-corrected chi connectivity index (χ2v) is 9.35. The number of aryl methyl sites for hydroxylation is 2. The fourth-order valence-electron chi connectivity index (χ4n) is 3.08. The first-order valence-electron chi connectivity index (χ1n) is 8.71. The van der Waals surface area contributed by atoms with E-state index in [0.29, 0.717) is 5.56 Å². The SMILES string of the molecule is CC(C)(C)c1ccc(C(=O)NNS(=O)(=O)c2ccc3c(c2)CCC3)cc1. The Morgan fingerprint density at radius 1 is 0.962 bits per heavy atom. The van der Waals surface area contributed by atoms with E-state index in [0.717, 1.165) is 30.4 Å². The first kappa shape index (κ1) is 18.6. The van der Waals surface area contributed by atoms with Crippen LogP contribution >= 0.6 is 0 Å². The first-order valence-corrected chi connectivity index (χ1v) is 10.2. The van der Waals surface area contributed by atoms with Crippen molar-refractivity contribution < 1.29 is 13.2 Å². The number of rotatable bonds is 4. The molecule has 0 fully saturated rings. The van der Waals surface area contributed by atoms with E-state index in [1.807, 2.05) is 18.2 Å². The van der Waals surface area contributed by atoms with Crippen molar-refractivity contribution in [3.63, 3.8) is 0 Å². The fraction of sp³-hybridized carbons (Fsp3) is 0.350. The third kappa shape index (κ3) is 3.97. The molecule has 3 rings (SSSR count). The predicted octanol–water partition coefficient (Wildman–Crippen LogP) is 3.10. The Hall–Kier alpha value is -2.18. The Balaban J connectivity index is 1.68. The van der Waals surface area contributed by atoms with Gasteiger partial charge >= 0.3 is 0 Å². The normalized spacial score (nSPS) is 14.1. The van der Waals surface area contributed by atoms with Gasteiger partial charge < -0.3 is 0 Å². The number of carbonyl (C=O) groups excluding carboxylic acids is 1. The number of amides is 1. The van der Waals surface area contributed by atoms with Crippen molar-refractivity contribution in [3.8, 4) is 0 Å². The van der Waals surface area contributed by atoms with Gasteiger partial charge in [-0.15, -0.1) is 4.83 Å². The van der Waals surface area contributed by atoms with Crippen LogP contribution in [0.25, 0.3) is 0 Å². The monoisotopic (exact) mass is 372 g/mol. The molecule has 2 aromatic carbocycles. The summed E-state index contributed by atoms with van der Waals surface area (Å²) in [5, 5.41) is 0. The summed E-state index contributed by atoms with van der Waals surface area (Å²) >= 11 is 0. The van der Waals surface area contributed by atoms with Gasteiger partial charge in [0, 0.05) is 5.56 Å². The largest absolute Gasteiger partial charge is 0.273 e. The average molecular weight is 372 g/mol. The van der Waals surface area contributed by atoms with Gasteiger partial charge in [-0.3, -0.25) is 10.2 Å². The molecule has 0 bridgehead atoms. The van der Waals surface area contributed by atoms with Gasteiger partial charge in [0.15, 0.2) is 0 Å². The molecule has 5 nitrogen and oxygen atoms in total. The van der Waals surface area contributed by atoms with Crippen molar-refractivity contribution in [2.75, 3.05) is 0 Å². The number of fused-ring (bicyclic) bond motifs is 1. The summed E-state index contributed by atoms with van der Waals surface area (Å²) in [5.41, 5.74) is 6.05. The lowest BCUT2D eigenvalue weighted by Gasteiger charge is -2.19. The molecular weight excluding hydrogens is 348 g/mol. The van der Waals surface area contributed by atoms with Gasteiger partial charge in [-0.2, -0.15) is 0 Å². The Bertz CT molecular complexity index is 927. The molecule has 0 radical (unpaired) electrons. The molecule has 0 unspecified atom stereocenters. The molecule has 26 heavy (non-hydrogen) atoms. The Morgan fingerprint density at radius 2 is 1.62 bits per heavy atom. The predicted molar refractivity (Wildman–Crippen MR) is 101 cm³/mol. The van der Waals surface area contributed by atoms with Gasteiger partial charge in [-0.25, -0.2) is 8.42 Å². The summed E-state index contributed by atoms with van der Waals surface area (Å²) in [6.07, 6.45) is 2.93. The van der Waals surface area contributed by atoms with Crippen LogP contribution in [0.2, 0.25) is 0 Å². The van der Waals surface area contributed by atoms with E-state index < -0.39 is 15.9 Å². The van der Waals surface area contributed by atoms with Gasteiger partial charge in [-0.05, 0) is 65.6 Å². The summed E-state index contributed by atoms with van der Waals surface area (Å²) in [6.45, 7) is 6.27. The van der Waals surface area contributed by atoms with Crippen LogP contribution in [0.5, 0.6) is 0 Å². The van der Waals surface area contributed by atoms with Crippen molar-refractivity contribution in [3.05, 3.63) is 64.7 Å². The summed E-state index contributed by atoms with van der Waals surface area (Å²) < 4.78 is 24.9. The zero-order chi connectivity index (χ0) is 18.9. The van der Waals surface area contributed by atoms with Crippen LogP contribution in [-0.4, -0.2) is 14.3 Å². The minimum atomic E-state index is -3.80. The van der Waals surface area contributed by atoms with E-state index in [-0.39, 0.29) is 10.3 Å². The molecule has 0 aliphatic heterocycles. The third-order valence-corrected chi connectivity index (χ3v) is 5.94. The molecule has 2 N–H and O–H groups in total. The van der Waals surface area contributed by atoms with E-state index in [4.69, 9.17) is 0 Å². The van der Waals surface area contributed by atoms with E-state index in [1.54, 1.807) is 24.3 Å². The first-order chi connectivity index (χ1) is 12.2. The lowest BCUT2D eigenvalue weighted by atomic mass is 9.87. The number of benzene rings is 2. The highest BCUT2D eigenvalue weighted by atomic mass is 32.2.